The number of carbonyl (C=O) groups excluding carboxylic acids is 4. The van der Waals surface area contributed by atoms with Gasteiger partial charge in [0.25, 0.3) is 0 Å². The van der Waals surface area contributed by atoms with E-state index in [1.54, 1.807) is 0 Å². The van der Waals surface area contributed by atoms with Gasteiger partial charge in [0.05, 0.1) is 16.7 Å². The second-order valence-corrected chi connectivity index (χ2v) is 6.75. The van der Waals surface area contributed by atoms with E-state index >= 15 is 0 Å². The quantitative estimate of drug-likeness (QED) is 0.369. The zero-order valence-corrected chi connectivity index (χ0v) is 16.0. The van der Waals surface area contributed by atoms with Crippen LogP contribution in [0.2, 0.25) is 0 Å². The van der Waals surface area contributed by atoms with Crippen molar-refractivity contribution < 1.29 is 53.4 Å². The molecule has 0 bridgehead atoms. The minimum absolute atomic E-state index is 0.200. The van der Waals surface area contributed by atoms with Crippen LogP contribution in [-0.2, 0) is 20.9 Å². The van der Waals surface area contributed by atoms with Crippen molar-refractivity contribution >= 4 is 24.2 Å². The monoisotopic (exact) mass is 430 g/mol. The summed E-state index contributed by atoms with van der Waals surface area (Å²) in [6.07, 6.45) is -1.63. The van der Waals surface area contributed by atoms with Crippen molar-refractivity contribution in [3.8, 4) is 28.7 Å². The van der Waals surface area contributed by atoms with Crippen LogP contribution < -0.4 is 9.47 Å². The van der Waals surface area contributed by atoms with E-state index in [2.05, 4.69) is 0 Å². The highest BCUT2D eigenvalue weighted by molar-refractivity contribution is 6.03. The number of aryl methyl sites for hydroxylation is 1. The smallest absolute Gasteiger partial charge is 0.347 e. The van der Waals surface area contributed by atoms with Gasteiger partial charge in [-0.05, 0) is 18.6 Å². The van der Waals surface area contributed by atoms with Gasteiger partial charge in [-0.15, -0.1) is 0 Å². The number of phenols is 2. The molecule has 1 atom stereocenters. The molecule has 2 aromatic rings. The standard InChI is InChI=1S/C20H14O11/c1-6-3-10(23)8(4-21)15-11(6)18(25)30-16-9(5-28-7(2)22)14(24)12-13(17(16)29-15)20(27)31-19(12)26/h3-4,20,23-24,27H,5H2,1-2H3. The number of aliphatic hydroxyl groups excluding tert-OH is 1. The summed E-state index contributed by atoms with van der Waals surface area (Å²) in [6.45, 7) is 1.94. The first kappa shape index (κ1) is 20.2. The van der Waals surface area contributed by atoms with Crippen molar-refractivity contribution in [1.82, 2.24) is 0 Å². The molecule has 0 saturated carbocycles. The number of aromatic hydroxyl groups is 2. The van der Waals surface area contributed by atoms with Gasteiger partial charge in [-0.2, -0.15) is 0 Å². The minimum atomic E-state index is -1.89. The van der Waals surface area contributed by atoms with Gasteiger partial charge in [0.1, 0.15) is 29.2 Å². The SMILES string of the molecule is CC(=O)OCc1c(O)c2c(c3c1OC(=O)c1c(C)cc(O)c(C=O)c1O3)C(O)OC2=O. The third kappa shape index (κ3) is 2.94. The third-order valence-electron chi connectivity index (χ3n) is 4.82. The number of aliphatic hydroxyl groups is 1. The third-order valence-corrected chi connectivity index (χ3v) is 4.82. The molecule has 4 rings (SSSR count). The normalized spacial score (nSPS) is 16.2. The number of aldehydes is 1. The summed E-state index contributed by atoms with van der Waals surface area (Å²) < 4.78 is 20.7. The molecule has 2 heterocycles. The van der Waals surface area contributed by atoms with Crippen molar-refractivity contribution in [3.05, 3.63) is 39.4 Å². The molecule has 160 valence electrons. The molecule has 31 heavy (non-hydrogen) atoms. The predicted octanol–water partition coefficient (Wildman–Crippen LogP) is 1.77. The van der Waals surface area contributed by atoms with Gasteiger partial charge in [-0.3, -0.25) is 9.59 Å². The van der Waals surface area contributed by atoms with E-state index in [0.29, 0.717) is 0 Å². The van der Waals surface area contributed by atoms with E-state index in [1.807, 2.05) is 0 Å². The highest BCUT2D eigenvalue weighted by Crippen LogP contribution is 2.54. The maximum Gasteiger partial charge on any atom is 0.347 e. The number of hydrogen-bond donors (Lipinski definition) is 3. The first-order chi connectivity index (χ1) is 14.6. The number of fused-ring (bicyclic) bond motifs is 4. The Kier molecular flexibility index (Phi) is 4.55. The van der Waals surface area contributed by atoms with E-state index in [9.17, 15) is 34.5 Å². The van der Waals surface area contributed by atoms with Gasteiger partial charge < -0.3 is 34.3 Å². The second kappa shape index (κ2) is 6.99. The van der Waals surface area contributed by atoms with Crippen LogP contribution in [-0.4, -0.2) is 39.5 Å². The van der Waals surface area contributed by atoms with Crippen LogP contribution in [0.25, 0.3) is 0 Å². The summed E-state index contributed by atoms with van der Waals surface area (Å²) in [4.78, 5) is 47.9. The first-order valence-corrected chi connectivity index (χ1v) is 8.81. The maximum absolute atomic E-state index is 12.9. The lowest BCUT2D eigenvalue weighted by molar-refractivity contribution is -0.142. The first-order valence-electron chi connectivity index (χ1n) is 8.81. The summed E-state index contributed by atoms with van der Waals surface area (Å²) >= 11 is 0. The fraction of sp³-hybridized carbons (Fsp3) is 0.200. The van der Waals surface area contributed by atoms with Crippen molar-refractivity contribution in [1.29, 1.82) is 0 Å². The molecule has 0 aromatic heterocycles. The fourth-order valence-electron chi connectivity index (χ4n) is 3.44. The number of hydrogen-bond acceptors (Lipinski definition) is 11. The Labute approximate surface area is 173 Å². The molecule has 0 aliphatic carbocycles. The highest BCUT2D eigenvalue weighted by atomic mass is 16.6. The molecular weight excluding hydrogens is 416 g/mol. The molecule has 2 aliphatic rings. The van der Waals surface area contributed by atoms with Crippen molar-refractivity contribution in [2.75, 3.05) is 0 Å². The van der Waals surface area contributed by atoms with Crippen LogP contribution in [0.4, 0.5) is 0 Å². The van der Waals surface area contributed by atoms with E-state index in [4.69, 9.17) is 18.9 Å². The molecular formula is C20H14O11. The summed E-state index contributed by atoms with van der Waals surface area (Å²) in [6, 6.07) is 1.16. The lowest BCUT2D eigenvalue weighted by atomic mass is 10.0. The van der Waals surface area contributed by atoms with Crippen molar-refractivity contribution in [2.45, 2.75) is 26.7 Å². The van der Waals surface area contributed by atoms with Crippen molar-refractivity contribution in [3.63, 3.8) is 0 Å². The number of rotatable bonds is 3. The number of carbonyl (C=O) groups is 4. The molecule has 1 unspecified atom stereocenters. The van der Waals surface area contributed by atoms with Crippen LogP contribution in [0, 0.1) is 6.92 Å². The van der Waals surface area contributed by atoms with E-state index in [1.165, 1.54) is 6.92 Å². The molecule has 11 heteroatoms. The van der Waals surface area contributed by atoms with Crippen LogP contribution in [0.1, 0.15) is 61.0 Å². The molecule has 0 fully saturated rings. The average molecular weight is 430 g/mol. The maximum atomic E-state index is 12.9. The zero-order valence-electron chi connectivity index (χ0n) is 16.0. The number of phenolic OH excluding ortho intramolecular Hbond substituents is 2. The summed E-state index contributed by atoms with van der Waals surface area (Å²) in [5.41, 5.74) is -1.53. The fourth-order valence-corrected chi connectivity index (χ4v) is 3.44. The largest absolute Gasteiger partial charge is 0.507 e. The topological polar surface area (TPSA) is 166 Å². The van der Waals surface area contributed by atoms with Crippen LogP contribution in [0.5, 0.6) is 28.7 Å². The van der Waals surface area contributed by atoms with Gasteiger partial charge in [0.15, 0.2) is 23.5 Å². The Hall–Kier alpha value is -4.12. The highest BCUT2D eigenvalue weighted by Gasteiger charge is 2.43. The number of cyclic esters (lactones) is 1. The summed E-state index contributed by atoms with van der Waals surface area (Å²) in [7, 11) is 0. The molecule has 0 amide bonds. The van der Waals surface area contributed by atoms with Crippen LogP contribution in [0.3, 0.4) is 0 Å². The summed E-state index contributed by atoms with van der Waals surface area (Å²) in [5.74, 6) is -5.33. The molecule has 2 aromatic carbocycles. The Bertz CT molecular complexity index is 1190. The molecule has 3 N–H and O–H groups in total. The Morgan fingerprint density at radius 2 is 1.84 bits per heavy atom. The average Bonchev–Trinajstić information content (AvgIpc) is 2.88. The van der Waals surface area contributed by atoms with Gasteiger partial charge >= 0.3 is 17.9 Å². The number of benzene rings is 2. The lowest BCUT2D eigenvalue weighted by Crippen LogP contribution is -2.12. The van der Waals surface area contributed by atoms with Gasteiger partial charge in [-0.25, -0.2) is 9.59 Å². The van der Waals surface area contributed by atoms with Crippen molar-refractivity contribution in [2.24, 2.45) is 0 Å². The molecule has 2 aliphatic heterocycles. The lowest BCUT2D eigenvalue weighted by Gasteiger charge is -2.17. The molecule has 11 nitrogen and oxygen atoms in total. The minimum Gasteiger partial charge on any atom is -0.507 e. The Balaban J connectivity index is 2.06. The number of ether oxygens (including phenoxy) is 4. The van der Waals surface area contributed by atoms with E-state index in [-0.39, 0.29) is 39.9 Å². The molecule has 0 spiro atoms. The van der Waals surface area contributed by atoms with Gasteiger partial charge in [-0.1, -0.05) is 0 Å². The number of esters is 3. The Morgan fingerprint density at radius 1 is 1.13 bits per heavy atom. The molecule has 0 saturated heterocycles. The molecule has 0 radical (unpaired) electrons. The summed E-state index contributed by atoms with van der Waals surface area (Å²) in [5, 5.41) is 30.9. The van der Waals surface area contributed by atoms with Gasteiger partial charge in [0.2, 0.25) is 6.29 Å². The van der Waals surface area contributed by atoms with Crippen LogP contribution in [0.15, 0.2) is 6.07 Å². The van der Waals surface area contributed by atoms with E-state index in [0.717, 1.165) is 13.0 Å². The van der Waals surface area contributed by atoms with Crippen LogP contribution >= 0.6 is 0 Å². The van der Waals surface area contributed by atoms with E-state index < -0.39 is 59.4 Å². The second-order valence-electron chi connectivity index (χ2n) is 6.75. The predicted molar refractivity (Wildman–Crippen MR) is 97.2 cm³/mol. The van der Waals surface area contributed by atoms with Gasteiger partial charge in [0, 0.05) is 6.92 Å². The zero-order chi connectivity index (χ0) is 22.6. The Morgan fingerprint density at radius 3 is 2.48 bits per heavy atom.